The highest BCUT2D eigenvalue weighted by Gasteiger charge is 2.31. The Balaban J connectivity index is 2.30. The van der Waals surface area contributed by atoms with Crippen molar-refractivity contribution >= 4 is 11.6 Å². The van der Waals surface area contributed by atoms with Crippen molar-refractivity contribution in [3.8, 4) is 16.9 Å². The van der Waals surface area contributed by atoms with Crippen molar-refractivity contribution < 1.29 is 22.3 Å². The fourth-order valence-electron chi connectivity index (χ4n) is 1.48. The van der Waals surface area contributed by atoms with Crippen molar-refractivity contribution in [2.24, 2.45) is 0 Å². The summed E-state index contributed by atoms with van der Waals surface area (Å²) >= 11 is 5.52. The molecule has 100 valence electrons. The van der Waals surface area contributed by atoms with Gasteiger partial charge in [0.05, 0.1) is 0 Å². The number of pyridine rings is 1. The summed E-state index contributed by atoms with van der Waals surface area (Å²) in [5.74, 6) is -1.11. The van der Waals surface area contributed by atoms with Crippen LogP contribution in [0.25, 0.3) is 11.1 Å². The van der Waals surface area contributed by atoms with E-state index in [0.717, 1.165) is 12.1 Å². The maximum atomic E-state index is 13.7. The Morgan fingerprint density at radius 2 is 1.68 bits per heavy atom. The Morgan fingerprint density at radius 1 is 1.05 bits per heavy atom. The minimum atomic E-state index is -4.76. The normalized spacial score (nSPS) is 11.4. The van der Waals surface area contributed by atoms with Crippen LogP contribution in [0.3, 0.4) is 0 Å². The minimum absolute atomic E-state index is 0.151. The lowest BCUT2D eigenvalue weighted by Gasteiger charge is -2.09. The van der Waals surface area contributed by atoms with Crippen LogP contribution in [0, 0.1) is 5.82 Å². The van der Waals surface area contributed by atoms with E-state index in [4.69, 9.17) is 11.6 Å². The SMILES string of the molecule is Fc1c(-c2ccc(OC(F)(F)F)cc2)ccnc1Cl. The third kappa shape index (κ3) is 3.35. The Bertz CT molecular complexity index is 583. The first-order chi connectivity index (χ1) is 8.87. The van der Waals surface area contributed by atoms with Crippen molar-refractivity contribution in [1.82, 2.24) is 4.98 Å². The van der Waals surface area contributed by atoms with Crippen LogP contribution in [-0.4, -0.2) is 11.3 Å². The number of aromatic nitrogens is 1. The third-order valence-corrected chi connectivity index (χ3v) is 2.51. The van der Waals surface area contributed by atoms with Gasteiger partial charge in [-0.25, -0.2) is 9.37 Å². The summed E-state index contributed by atoms with van der Waals surface area (Å²) in [5, 5.41) is -0.298. The van der Waals surface area contributed by atoms with E-state index < -0.39 is 12.2 Å². The van der Waals surface area contributed by atoms with Gasteiger partial charge >= 0.3 is 6.36 Å². The molecule has 1 aromatic carbocycles. The fraction of sp³-hybridized carbons (Fsp3) is 0.0833. The maximum Gasteiger partial charge on any atom is 0.573 e. The van der Waals surface area contributed by atoms with Gasteiger partial charge in [-0.3, -0.25) is 0 Å². The van der Waals surface area contributed by atoms with Crippen LogP contribution in [0.15, 0.2) is 36.5 Å². The number of rotatable bonds is 2. The molecule has 1 aromatic heterocycles. The van der Waals surface area contributed by atoms with E-state index in [2.05, 4.69) is 9.72 Å². The van der Waals surface area contributed by atoms with Gasteiger partial charge in [-0.1, -0.05) is 23.7 Å². The Morgan fingerprint density at radius 3 is 2.26 bits per heavy atom. The summed E-state index contributed by atoms with van der Waals surface area (Å²) in [7, 11) is 0. The minimum Gasteiger partial charge on any atom is -0.406 e. The summed E-state index contributed by atoms with van der Waals surface area (Å²) in [6.45, 7) is 0. The zero-order chi connectivity index (χ0) is 14.0. The van der Waals surface area contributed by atoms with Gasteiger partial charge in [-0.2, -0.15) is 0 Å². The van der Waals surface area contributed by atoms with Crippen molar-refractivity contribution in [2.45, 2.75) is 6.36 Å². The zero-order valence-corrected chi connectivity index (χ0v) is 9.97. The molecule has 0 aliphatic rings. The molecule has 0 bridgehead atoms. The number of hydrogen-bond acceptors (Lipinski definition) is 2. The second-order valence-electron chi connectivity index (χ2n) is 3.54. The van der Waals surface area contributed by atoms with Crippen LogP contribution in [0.2, 0.25) is 5.15 Å². The monoisotopic (exact) mass is 291 g/mol. The van der Waals surface area contributed by atoms with Crippen molar-refractivity contribution in [3.63, 3.8) is 0 Å². The van der Waals surface area contributed by atoms with E-state index in [0.29, 0.717) is 5.56 Å². The van der Waals surface area contributed by atoms with Gasteiger partial charge in [0.25, 0.3) is 0 Å². The average molecular weight is 292 g/mol. The smallest absolute Gasteiger partial charge is 0.406 e. The van der Waals surface area contributed by atoms with Gasteiger partial charge in [0.15, 0.2) is 11.0 Å². The van der Waals surface area contributed by atoms with Crippen LogP contribution < -0.4 is 4.74 Å². The predicted octanol–water partition coefficient (Wildman–Crippen LogP) is 4.44. The predicted molar refractivity (Wildman–Crippen MR) is 61.3 cm³/mol. The van der Waals surface area contributed by atoms with E-state index in [9.17, 15) is 17.6 Å². The van der Waals surface area contributed by atoms with Gasteiger partial charge in [0, 0.05) is 11.8 Å². The number of alkyl halides is 3. The summed E-state index contributed by atoms with van der Waals surface area (Å²) in [6, 6.07) is 6.17. The van der Waals surface area contributed by atoms with Crippen molar-refractivity contribution in [3.05, 3.63) is 47.5 Å². The molecule has 2 aromatic rings. The molecule has 0 unspecified atom stereocenters. The van der Waals surface area contributed by atoms with Crippen molar-refractivity contribution in [1.29, 1.82) is 0 Å². The highest BCUT2D eigenvalue weighted by molar-refractivity contribution is 6.29. The molecule has 2 rings (SSSR count). The first-order valence-corrected chi connectivity index (χ1v) is 5.41. The molecule has 0 aliphatic carbocycles. The molecule has 0 aliphatic heterocycles. The highest BCUT2D eigenvalue weighted by atomic mass is 35.5. The fourth-order valence-corrected chi connectivity index (χ4v) is 1.64. The zero-order valence-electron chi connectivity index (χ0n) is 9.21. The van der Waals surface area contributed by atoms with Gasteiger partial charge in [0.1, 0.15) is 5.75 Å². The van der Waals surface area contributed by atoms with Crippen LogP contribution in [0.4, 0.5) is 17.6 Å². The Labute approximate surface area is 110 Å². The molecule has 2 nitrogen and oxygen atoms in total. The first kappa shape index (κ1) is 13.6. The average Bonchev–Trinajstić information content (AvgIpc) is 2.32. The molecule has 19 heavy (non-hydrogen) atoms. The summed E-state index contributed by atoms with van der Waals surface area (Å²) in [4.78, 5) is 3.55. The second-order valence-corrected chi connectivity index (χ2v) is 3.89. The molecular formula is C12H6ClF4NO. The molecule has 1 heterocycles. The lowest BCUT2D eigenvalue weighted by Crippen LogP contribution is -2.16. The number of hydrogen-bond donors (Lipinski definition) is 0. The number of ether oxygens (including phenoxy) is 1. The van der Waals surface area contributed by atoms with Crippen LogP contribution in [0.1, 0.15) is 0 Å². The second kappa shape index (κ2) is 5.05. The van der Waals surface area contributed by atoms with E-state index in [1.807, 2.05) is 0 Å². The quantitative estimate of drug-likeness (QED) is 0.603. The van der Waals surface area contributed by atoms with Crippen LogP contribution in [0.5, 0.6) is 5.75 Å². The lowest BCUT2D eigenvalue weighted by atomic mass is 10.1. The molecular weight excluding hydrogens is 286 g/mol. The molecule has 0 saturated heterocycles. The molecule has 0 N–H and O–H groups in total. The molecule has 0 atom stereocenters. The number of benzene rings is 1. The molecule has 7 heteroatoms. The van der Waals surface area contributed by atoms with Crippen LogP contribution in [-0.2, 0) is 0 Å². The molecule has 0 spiro atoms. The molecule has 0 radical (unpaired) electrons. The number of nitrogens with zero attached hydrogens (tertiary/aromatic N) is 1. The molecule has 0 fully saturated rings. The maximum absolute atomic E-state index is 13.7. The third-order valence-electron chi connectivity index (χ3n) is 2.25. The van der Waals surface area contributed by atoms with Gasteiger partial charge in [-0.05, 0) is 23.8 Å². The topological polar surface area (TPSA) is 22.1 Å². The Hall–Kier alpha value is -1.82. The molecule has 0 amide bonds. The number of halogens is 5. The van der Waals surface area contributed by atoms with Gasteiger partial charge < -0.3 is 4.74 Å². The van der Waals surface area contributed by atoms with E-state index >= 15 is 0 Å². The van der Waals surface area contributed by atoms with Crippen molar-refractivity contribution in [2.75, 3.05) is 0 Å². The Kier molecular flexibility index (Phi) is 3.61. The van der Waals surface area contributed by atoms with E-state index in [1.54, 1.807) is 0 Å². The molecule has 0 saturated carbocycles. The summed E-state index contributed by atoms with van der Waals surface area (Å²) in [6.07, 6.45) is -3.45. The van der Waals surface area contributed by atoms with E-state index in [1.165, 1.54) is 24.4 Å². The summed E-state index contributed by atoms with van der Waals surface area (Å²) < 4.78 is 53.3. The summed E-state index contributed by atoms with van der Waals surface area (Å²) in [5.41, 5.74) is 0.523. The van der Waals surface area contributed by atoms with Gasteiger partial charge in [-0.15, -0.1) is 13.2 Å². The largest absolute Gasteiger partial charge is 0.573 e. The lowest BCUT2D eigenvalue weighted by molar-refractivity contribution is -0.274. The highest BCUT2D eigenvalue weighted by Crippen LogP contribution is 2.29. The first-order valence-electron chi connectivity index (χ1n) is 5.03. The van der Waals surface area contributed by atoms with Gasteiger partial charge in [0.2, 0.25) is 0 Å². The van der Waals surface area contributed by atoms with E-state index in [-0.39, 0.29) is 16.5 Å². The van der Waals surface area contributed by atoms with Crippen LogP contribution >= 0.6 is 11.6 Å². The standard InChI is InChI=1S/C12H6ClF4NO/c13-11-10(14)9(5-6-18-11)7-1-3-8(4-2-7)19-12(15,16)17/h1-6H.